The Balaban J connectivity index is 2.04. The highest BCUT2D eigenvalue weighted by atomic mass is 35.5. The first-order valence-corrected chi connectivity index (χ1v) is 8.59. The summed E-state index contributed by atoms with van der Waals surface area (Å²) in [5.41, 5.74) is 4.59. The Kier molecular flexibility index (Phi) is 4.55. The summed E-state index contributed by atoms with van der Waals surface area (Å²) in [6.45, 7) is 5.89. The number of benzene rings is 1. The van der Waals surface area contributed by atoms with Crippen LogP contribution in [0.1, 0.15) is 42.4 Å². The first kappa shape index (κ1) is 16.8. The topological polar surface area (TPSA) is 47.0 Å². The summed E-state index contributed by atoms with van der Waals surface area (Å²) in [7, 11) is 0. The molecule has 0 saturated heterocycles. The molecule has 1 heterocycles. The zero-order valence-corrected chi connectivity index (χ0v) is 14.9. The molecule has 1 saturated carbocycles. The first-order valence-electron chi connectivity index (χ1n) is 8.21. The SMILES string of the molecule is CCC1CC(=O)C(c2c(C)cc(-c3ccc(Cl)cn3)cc2C)C1=O. The molecular formula is C20H20ClNO2. The van der Waals surface area contributed by atoms with E-state index in [2.05, 4.69) is 4.98 Å². The molecule has 4 heteroatoms. The van der Waals surface area contributed by atoms with Crippen LogP contribution in [0.3, 0.4) is 0 Å². The number of carbonyl (C=O) groups is 2. The number of aryl methyl sites for hydroxylation is 2. The maximum atomic E-state index is 12.6. The Labute approximate surface area is 147 Å². The lowest BCUT2D eigenvalue weighted by Crippen LogP contribution is -2.17. The zero-order chi connectivity index (χ0) is 17.4. The Morgan fingerprint density at radius 3 is 2.33 bits per heavy atom. The fraction of sp³-hybridized carbons (Fsp3) is 0.350. The second kappa shape index (κ2) is 6.48. The fourth-order valence-corrected chi connectivity index (χ4v) is 3.74. The van der Waals surface area contributed by atoms with Crippen LogP contribution in [0.4, 0.5) is 0 Å². The smallest absolute Gasteiger partial charge is 0.151 e. The summed E-state index contributed by atoms with van der Waals surface area (Å²) in [5, 5.41) is 0.594. The van der Waals surface area contributed by atoms with Crippen molar-refractivity contribution in [2.75, 3.05) is 0 Å². The van der Waals surface area contributed by atoms with E-state index in [1.54, 1.807) is 12.3 Å². The van der Waals surface area contributed by atoms with Gasteiger partial charge in [-0.1, -0.05) is 18.5 Å². The summed E-state index contributed by atoms with van der Waals surface area (Å²) in [6.07, 6.45) is 2.72. The molecular weight excluding hydrogens is 322 g/mol. The Morgan fingerprint density at radius 1 is 1.17 bits per heavy atom. The minimum Gasteiger partial charge on any atom is -0.298 e. The molecule has 1 fully saturated rings. The molecule has 3 nitrogen and oxygen atoms in total. The quantitative estimate of drug-likeness (QED) is 0.762. The van der Waals surface area contributed by atoms with E-state index < -0.39 is 5.92 Å². The van der Waals surface area contributed by atoms with Gasteiger partial charge in [-0.25, -0.2) is 0 Å². The lowest BCUT2D eigenvalue weighted by Gasteiger charge is -2.17. The van der Waals surface area contributed by atoms with Crippen LogP contribution in [0, 0.1) is 19.8 Å². The normalized spacial score (nSPS) is 20.7. The van der Waals surface area contributed by atoms with E-state index in [-0.39, 0.29) is 17.5 Å². The molecule has 1 aliphatic rings. The van der Waals surface area contributed by atoms with Gasteiger partial charge in [0.25, 0.3) is 0 Å². The van der Waals surface area contributed by atoms with Crippen LogP contribution in [-0.2, 0) is 9.59 Å². The molecule has 3 rings (SSSR count). The largest absolute Gasteiger partial charge is 0.298 e. The van der Waals surface area contributed by atoms with Crippen molar-refractivity contribution in [1.29, 1.82) is 0 Å². The molecule has 0 amide bonds. The Morgan fingerprint density at radius 2 is 1.83 bits per heavy atom. The standard InChI is InChI=1S/C20H20ClNO2/c1-4-13-9-17(23)19(20(13)24)18-11(2)7-14(8-12(18)3)16-6-5-15(21)10-22-16/h5-8,10,13,19H,4,9H2,1-3H3. The molecule has 1 aliphatic carbocycles. The number of halogens is 1. The van der Waals surface area contributed by atoms with Gasteiger partial charge in [-0.15, -0.1) is 0 Å². The van der Waals surface area contributed by atoms with Gasteiger partial charge in [-0.2, -0.15) is 0 Å². The van der Waals surface area contributed by atoms with Crippen molar-refractivity contribution in [2.45, 2.75) is 39.5 Å². The third kappa shape index (κ3) is 2.89. The van der Waals surface area contributed by atoms with Crippen molar-refractivity contribution >= 4 is 23.2 Å². The van der Waals surface area contributed by atoms with E-state index in [4.69, 9.17) is 11.6 Å². The monoisotopic (exact) mass is 341 g/mol. The van der Waals surface area contributed by atoms with Crippen LogP contribution in [0.15, 0.2) is 30.5 Å². The molecule has 124 valence electrons. The lowest BCUT2D eigenvalue weighted by molar-refractivity contribution is -0.124. The molecule has 0 aliphatic heterocycles. The van der Waals surface area contributed by atoms with Gasteiger partial charge in [-0.3, -0.25) is 14.6 Å². The number of hydrogen-bond acceptors (Lipinski definition) is 3. The molecule has 2 unspecified atom stereocenters. The second-order valence-corrected chi connectivity index (χ2v) is 6.93. The van der Waals surface area contributed by atoms with Crippen LogP contribution in [-0.4, -0.2) is 16.6 Å². The maximum absolute atomic E-state index is 12.6. The van der Waals surface area contributed by atoms with Crippen molar-refractivity contribution in [3.63, 3.8) is 0 Å². The summed E-state index contributed by atoms with van der Waals surface area (Å²) < 4.78 is 0. The molecule has 24 heavy (non-hydrogen) atoms. The molecule has 0 N–H and O–H groups in total. The van der Waals surface area contributed by atoms with Crippen LogP contribution < -0.4 is 0 Å². The molecule has 0 spiro atoms. The van der Waals surface area contributed by atoms with Gasteiger partial charge >= 0.3 is 0 Å². The number of Topliss-reactive ketones (excluding diaryl/α,β-unsaturated/α-hetero) is 2. The average molecular weight is 342 g/mol. The third-order valence-electron chi connectivity index (χ3n) is 4.85. The summed E-state index contributed by atoms with van der Waals surface area (Å²) >= 11 is 5.89. The van der Waals surface area contributed by atoms with Crippen LogP contribution in [0.2, 0.25) is 5.02 Å². The number of nitrogens with zero attached hydrogens (tertiary/aromatic N) is 1. The number of hydrogen-bond donors (Lipinski definition) is 0. The summed E-state index contributed by atoms with van der Waals surface area (Å²) in [6, 6.07) is 7.67. The van der Waals surface area contributed by atoms with Gasteiger partial charge in [0.05, 0.1) is 10.7 Å². The van der Waals surface area contributed by atoms with Crippen LogP contribution >= 0.6 is 11.6 Å². The van der Waals surface area contributed by atoms with Crippen molar-refractivity contribution < 1.29 is 9.59 Å². The third-order valence-corrected chi connectivity index (χ3v) is 5.08. The number of aromatic nitrogens is 1. The minimum atomic E-state index is -0.595. The van der Waals surface area contributed by atoms with E-state index in [1.807, 2.05) is 39.0 Å². The van der Waals surface area contributed by atoms with Gasteiger partial charge in [0.1, 0.15) is 11.7 Å². The van der Waals surface area contributed by atoms with Gasteiger partial charge in [-0.05, 0) is 61.2 Å². The minimum absolute atomic E-state index is 0.0513. The summed E-state index contributed by atoms with van der Waals surface area (Å²) in [4.78, 5) is 29.3. The maximum Gasteiger partial charge on any atom is 0.151 e. The predicted octanol–water partition coefficient (Wildman–Crippen LogP) is 4.67. The highest BCUT2D eigenvalue weighted by Crippen LogP contribution is 2.38. The van der Waals surface area contributed by atoms with Crippen LogP contribution in [0.5, 0.6) is 0 Å². The van der Waals surface area contributed by atoms with Gasteiger partial charge in [0.15, 0.2) is 5.78 Å². The van der Waals surface area contributed by atoms with Gasteiger partial charge in [0.2, 0.25) is 0 Å². The zero-order valence-electron chi connectivity index (χ0n) is 14.1. The van der Waals surface area contributed by atoms with E-state index in [1.165, 1.54) is 0 Å². The Bertz CT molecular complexity index is 788. The Hall–Kier alpha value is -2.00. The highest BCUT2D eigenvalue weighted by Gasteiger charge is 2.42. The van der Waals surface area contributed by atoms with Gasteiger partial charge < -0.3 is 0 Å². The van der Waals surface area contributed by atoms with Crippen molar-refractivity contribution in [3.05, 3.63) is 52.2 Å². The highest BCUT2D eigenvalue weighted by molar-refractivity contribution is 6.30. The number of rotatable bonds is 3. The number of carbonyl (C=O) groups excluding carboxylic acids is 2. The molecule has 0 bridgehead atoms. The summed E-state index contributed by atoms with van der Waals surface area (Å²) in [5.74, 6) is -0.595. The van der Waals surface area contributed by atoms with Gasteiger partial charge in [0, 0.05) is 24.1 Å². The molecule has 0 radical (unpaired) electrons. The first-order chi connectivity index (χ1) is 11.4. The van der Waals surface area contributed by atoms with Crippen molar-refractivity contribution in [2.24, 2.45) is 5.92 Å². The van der Waals surface area contributed by atoms with E-state index in [0.717, 1.165) is 34.4 Å². The molecule has 1 aromatic carbocycles. The van der Waals surface area contributed by atoms with E-state index >= 15 is 0 Å². The second-order valence-electron chi connectivity index (χ2n) is 6.50. The van der Waals surface area contributed by atoms with Crippen molar-refractivity contribution in [3.8, 4) is 11.3 Å². The number of ketones is 2. The average Bonchev–Trinajstić information content (AvgIpc) is 2.82. The fourth-order valence-electron chi connectivity index (χ4n) is 3.63. The molecule has 2 aromatic rings. The number of pyridine rings is 1. The molecule has 2 atom stereocenters. The lowest BCUT2D eigenvalue weighted by atomic mass is 9.86. The predicted molar refractivity (Wildman–Crippen MR) is 95.3 cm³/mol. The van der Waals surface area contributed by atoms with Crippen molar-refractivity contribution in [1.82, 2.24) is 4.98 Å². The van der Waals surface area contributed by atoms with E-state index in [0.29, 0.717) is 11.4 Å². The van der Waals surface area contributed by atoms with E-state index in [9.17, 15) is 9.59 Å². The van der Waals surface area contributed by atoms with Crippen LogP contribution in [0.25, 0.3) is 11.3 Å². The molecule has 1 aromatic heterocycles.